The van der Waals surface area contributed by atoms with Crippen LogP contribution in [0.2, 0.25) is 5.02 Å². The van der Waals surface area contributed by atoms with Gasteiger partial charge < -0.3 is 10.6 Å². The quantitative estimate of drug-likeness (QED) is 0.891. The highest BCUT2D eigenvalue weighted by molar-refractivity contribution is 9.10. The first-order valence-corrected chi connectivity index (χ1v) is 6.15. The van der Waals surface area contributed by atoms with Gasteiger partial charge in [0.2, 0.25) is 5.91 Å². The second-order valence-corrected chi connectivity index (χ2v) is 4.57. The lowest BCUT2D eigenvalue weighted by molar-refractivity contribution is -0.120. The van der Waals surface area contributed by atoms with Crippen molar-refractivity contribution >= 4 is 39.3 Å². The Morgan fingerprint density at radius 1 is 1.41 bits per heavy atom. The van der Waals surface area contributed by atoms with E-state index in [0.717, 1.165) is 0 Å². The first-order chi connectivity index (χ1) is 8.04. The minimum Gasteiger partial charge on any atom is -0.359 e. The smallest absolute Gasteiger partial charge is 0.251 e. The Morgan fingerprint density at radius 2 is 2.12 bits per heavy atom. The van der Waals surface area contributed by atoms with Crippen molar-refractivity contribution in [2.24, 2.45) is 0 Å². The van der Waals surface area contributed by atoms with Crippen molar-refractivity contribution in [3.8, 4) is 0 Å². The molecule has 0 heterocycles. The van der Waals surface area contributed by atoms with Crippen LogP contribution < -0.4 is 10.6 Å². The molecule has 2 amide bonds. The molecular formula is C11H12BrClN2O2. The van der Waals surface area contributed by atoms with Crippen LogP contribution in [0.5, 0.6) is 0 Å². The summed E-state index contributed by atoms with van der Waals surface area (Å²) in [5.74, 6) is -0.339. The average molecular weight is 320 g/mol. The number of amides is 2. The molecule has 0 aliphatic heterocycles. The third-order valence-corrected chi connectivity index (χ3v) is 3.31. The van der Waals surface area contributed by atoms with Gasteiger partial charge in [-0.2, -0.15) is 0 Å². The second kappa shape index (κ2) is 6.61. The van der Waals surface area contributed by atoms with Gasteiger partial charge in [-0.05, 0) is 34.1 Å². The van der Waals surface area contributed by atoms with Crippen LogP contribution in [0.3, 0.4) is 0 Å². The fraction of sp³-hybridized carbons (Fsp3) is 0.273. The maximum atomic E-state index is 11.7. The van der Waals surface area contributed by atoms with Crippen molar-refractivity contribution in [1.29, 1.82) is 0 Å². The van der Waals surface area contributed by atoms with Gasteiger partial charge in [-0.1, -0.05) is 11.6 Å². The number of carbonyl (C=O) groups is 2. The summed E-state index contributed by atoms with van der Waals surface area (Å²) in [4.78, 5) is 22.6. The predicted molar refractivity (Wildman–Crippen MR) is 70.2 cm³/mol. The molecule has 1 aromatic rings. The van der Waals surface area contributed by atoms with Crippen molar-refractivity contribution in [1.82, 2.24) is 10.6 Å². The van der Waals surface area contributed by atoms with Gasteiger partial charge in [0.25, 0.3) is 5.91 Å². The zero-order valence-electron chi connectivity index (χ0n) is 9.22. The predicted octanol–water partition coefficient (Wildman–Crippen LogP) is 1.97. The van der Waals surface area contributed by atoms with Crippen LogP contribution in [-0.4, -0.2) is 25.4 Å². The largest absolute Gasteiger partial charge is 0.359 e. The average Bonchev–Trinajstić information content (AvgIpc) is 2.32. The molecule has 0 spiro atoms. The summed E-state index contributed by atoms with van der Waals surface area (Å²) in [6, 6.07) is 4.90. The molecule has 0 aliphatic rings. The molecule has 0 radical (unpaired) electrons. The summed E-state index contributed by atoms with van der Waals surface area (Å²) >= 11 is 9.06. The van der Waals surface area contributed by atoms with Gasteiger partial charge in [-0.25, -0.2) is 0 Å². The molecule has 4 nitrogen and oxygen atoms in total. The highest BCUT2D eigenvalue weighted by atomic mass is 79.9. The monoisotopic (exact) mass is 318 g/mol. The van der Waals surface area contributed by atoms with Crippen molar-refractivity contribution in [3.05, 3.63) is 33.3 Å². The van der Waals surface area contributed by atoms with E-state index >= 15 is 0 Å². The molecular weight excluding hydrogens is 307 g/mol. The Hall–Kier alpha value is -1.07. The van der Waals surface area contributed by atoms with Crippen LogP contribution in [0.15, 0.2) is 22.7 Å². The van der Waals surface area contributed by atoms with Crippen molar-refractivity contribution < 1.29 is 9.59 Å². The van der Waals surface area contributed by atoms with E-state index in [-0.39, 0.29) is 18.2 Å². The van der Waals surface area contributed by atoms with Crippen molar-refractivity contribution in [2.45, 2.75) is 6.42 Å². The number of halogens is 2. The second-order valence-electron chi connectivity index (χ2n) is 3.31. The Kier molecular flexibility index (Phi) is 5.44. The number of rotatable bonds is 4. The number of benzene rings is 1. The van der Waals surface area contributed by atoms with E-state index in [4.69, 9.17) is 11.6 Å². The maximum absolute atomic E-state index is 11.7. The summed E-state index contributed by atoms with van der Waals surface area (Å²) in [5, 5.41) is 5.68. The summed E-state index contributed by atoms with van der Waals surface area (Å²) in [6.07, 6.45) is 0.261. The van der Waals surface area contributed by atoms with E-state index in [9.17, 15) is 9.59 Å². The zero-order valence-corrected chi connectivity index (χ0v) is 11.6. The molecule has 1 aromatic carbocycles. The lowest BCUT2D eigenvalue weighted by atomic mass is 10.2. The fourth-order valence-corrected chi connectivity index (χ4v) is 1.65. The van der Waals surface area contributed by atoms with Crippen LogP contribution >= 0.6 is 27.5 Å². The van der Waals surface area contributed by atoms with Crippen molar-refractivity contribution in [3.63, 3.8) is 0 Å². The standard InChI is InChI=1S/C11H12BrClN2O2/c1-14-10(16)4-5-15-11(17)7-2-3-9(13)8(12)6-7/h2-3,6H,4-5H2,1H3,(H,14,16)(H,15,17). The van der Waals surface area contributed by atoms with Crippen LogP contribution in [0, 0.1) is 0 Å². The molecule has 0 unspecified atom stereocenters. The number of nitrogens with one attached hydrogen (secondary N) is 2. The minimum atomic E-state index is -0.230. The van der Waals surface area contributed by atoms with Gasteiger partial charge in [0, 0.05) is 30.0 Å². The molecule has 1 rings (SSSR count). The molecule has 0 saturated carbocycles. The Bertz CT molecular complexity index is 437. The summed E-state index contributed by atoms with van der Waals surface area (Å²) in [6.45, 7) is 0.304. The van der Waals surface area contributed by atoms with Gasteiger partial charge in [0.05, 0.1) is 5.02 Å². The van der Waals surface area contributed by atoms with E-state index in [1.165, 1.54) is 0 Å². The molecule has 6 heteroatoms. The van der Waals surface area contributed by atoms with Gasteiger partial charge >= 0.3 is 0 Å². The number of hydrogen-bond acceptors (Lipinski definition) is 2. The molecule has 0 bridgehead atoms. The Morgan fingerprint density at radius 3 is 2.71 bits per heavy atom. The SMILES string of the molecule is CNC(=O)CCNC(=O)c1ccc(Cl)c(Br)c1. The Balaban J connectivity index is 2.52. The van der Waals surface area contributed by atoms with Gasteiger partial charge in [-0.3, -0.25) is 9.59 Å². The minimum absolute atomic E-state index is 0.109. The molecule has 0 saturated heterocycles. The molecule has 2 N–H and O–H groups in total. The highest BCUT2D eigenvalue weighted by Gasteiger charge is 2.07. The summed E-state index contributed by atoms with van der Waals surface area (Å²) in [5.41, 5.74) is 0.498. The van der Waals surface area contributed by atoms with E-state index in [1.54, 1.807) is 25.2 Å². The molecule has 0 aromatic heterocycles. The van der Waals surface area contributed by atoms with E-state index in [2.05, 4.69) is 26.6 Å². The topological polar surface area (TPSA) is 58.2 Å². The first-order valence-electron chi connectivity index (χ1n) is 4.98. The summed E-state index contributed by atoms with van der Waals surface area (Å²) in [7, 11) is 1.56. The zero-order chi connectivity index (χ0) is 12.8. The number of carbonyl (C=O) groups excluding carboxylic acids is 2. The summed E-state index contributed by atoms with van der Waals surface area (Å²) < 4.78 is 0.665. The normalized spacial score (nSPS) is 9.82. The lowest BCUT2D eigenvalue weighted by Crippen LogP contribution is -2.29. The van der Waals surface area contributed by atoms with E-state index < -0.39 is 0 Å². The van der Waals surface area contributed by atoms with Crippen molar-refractivity contribution in [2.75, 3.05) is 13.6 Å². The van der Waals surface area contributed by atoms with Crippen LogP contribution in [0.4, 0.5) is 0 Å². The van der Waals surface area contributed by atoms with E-state index in [1.807, 2.05) is 0 Å². The van der Waals surface area contributed by atoms with Gasteiger partial charge in [-0.15, -0.1) is 0 Å². The van der Waals surface area contributed by atoms with Gasteiger partial charge in [0.1, 0.15) is 0 Å². The molecule has 92 valence electrons. The van der Waals surface area contributed by atoms with Crippen LogP contribution in [0.25, 0.3) is 0 Å². The molecule has 0 aliphatic carbocycles. The maximum Gasteiger partial charge on any atom is 0.251 e. The van der Waals surface area contributed by atoms with Gasteiger partial charge in [0.15, 0.2) is 0 Å². The fourth-order valence-electron chi connectivity index (χ4n) is 1.15. The third kappa shape index (κ3) is 4.36. The van der Waals surface area contributed by atoms with Crippen LogP contribution in [-0.2, 0) is 4.79 Å². The molecule has 0 atom stereocenters. The van der Waals surface area contributed by atoms with E-state index in [0.29, 0.717) is 21.6 Å². The Labute approximate surface area is 113 Å². The number of hydrogen-bond donors (Lipinski definition) is 2. The third-order valence-electron chi connectivity index (χ3n) is 2.10. The first kappa shape index (κ1) is 14.0. The van der Waals surface area contributed by atoms with Crippen LogP contribution in [0.1, 0.15) is 16.8 Å². The lowest BCUT2D eigenvalue weighted by Gasteiger charge is -2.05. The highest BCUT2D eigenvalue weighted by Crippen LogP contribution is 2.23. The molecule has 0 fully saturated rings. The molecule has 17 heavy (non-hydrogen) atoms.